The van der Waals surface area contributed by atoms with Crippen LogP contribution in [-0.4, -0.2) is 50.9 Å². The van der Waals surface area contributed by atoms with Crippen molar-refractivity contribution in [2.75, 3.05) is 25.6 Å². The predicted molar refractivity (Wildman–Crippen MR) is 85.2 cm³/mol. The van der Waals surface area contributed by atoms with Crippen molar-refractivity contribution in [2.45, 2.75) is 33.1 Å². The molecule has 0 aromatic carbocycles. The highest BCUT2D eigenvalue weighted by Gasteiger charge is 2.16. The Morgan fingerprint density at radius 1 is 1.33 bits per heavy atom. The third-order valence-corrected chi connectivity index (χ3v) is 2.74. The lowest BCUT2D eigenvalue weighted by Gasteiger charge is -2.19. The van der Waals surface area contributed by atoms with Crippen molar-refractivity contribution in [3.8, 4) is 0 Å². The quantitative estimate of drug-likeness (QED) is 0.533. The summed E-state index contributed by atoms with van der Waals surface area (Å²) in [5.74, 6) is -0.419. The number of carbonyl (C=O) groups excluding carboxylic acids is 1. The Hall–Kier alpha value is -2.46. The molecule has 0 aliphatic heterocycles. The standard InChI is InChI=1S/C14H21N5O5/c1-14(2,3)24-9(20)6-22-4-5-23-8-19-7-16-10-11(19)17-13(15)18-12(10)21/h7H,4-6,8H2,1-3H3,(H3,15,17,18,21). The van der Waals surface area contributed by atoms with E-state index in [2.05, 4.69) is 15.0 Å². The fourth-order valence-electron chi connectivity index (χ4n) is 1.87. The van der Waals surface area contributed by atoms with Crippen LogP contribution in [0.4, 0.5) is 5.95 Å². The van der Waals surface area contributed by atoms with Gasteiger partial charge >= 0.3 is 5.97 Å². The van der Waals surface area contributed by atoms with Crippen LogP contribution in [0, 0.1) is 0 Å². The van der Waals surface area contributed by atoms with Gasteiger partial charge in [0.05, 0.1) is 19.5 Å². The number of nitrogens with one attached hydrogen (secondary N) is 1. The summed E-state index contributed by atoms with van der Waals surface area (Å²) >= 11 is 0. The molecule has 0 bridgehead atoms. The number of nitrogen functional groups attached to an aromatic ring is 1. The average molecular weight is 339 g/mol. The molecule has 2 aromatic rings. The second-order valence-electron chi connectivity index (χ2n) is 6.01. The first-order chi connectivity index (χ1) is 11.3. The highest BCUT2D eigenvalue weighted by molar-refractivity contribution is 5.71. The molecule has 0 unspecified atom stereocenters. The van der Waals surface area contributed by atoms with Gasteiger partial charge in [-0.3, -0.25) is 14.3 Å². The van der Waals surface area contributed by atoms with Crippen LogP contribution in [0.5, 0.6) is 0 Å². The lowest BCUT2D eigenvalue weighted by Crippen LogP contribution is -2.27. The minimum atomic E-state index is -0.536. The minimum absolute atomic E-state index is 0.00921. The number of hydrogen-bond donors (Lipinski definition) is 2. The van der Waals surface area contributed by atoms with Crippen LogP contribution in [-0.2, 0) is 25.7 Å². The van der Waals surface area contributed by atoms with Crippen molar-refractivity contribution in [1.82, 2.24) is 19.5 Å². The summed E-state index contributed by atoms with van der Waals surface area (Å²) in [4.78, 5) is 33.4. The van der Waals surface area contributed by atoms with Gasteiger partial charge in [0.2, 0.25) is 5.95 Å². The third-order valence-electron chi connectivity index (χ3n) is 2.74. The summed E-state index contributed by atoms with van der Waals surface area (Å²) < 4.78 is 17.2. The van der Waals surface area contributed by atoms with Crippen molar-refractivity contribution in [3.05, 3.63) is 16.7 Å². The second-order valence-corrected chi connectivity index (χ2v) is 6.01. The summed E-state index contributed by atoms with van der Waals surface area (Å²) in [6, 6.07) is 0. The van der Waals surface area contributed by atoms with E-state index < -0.39 is 17.1 Å². The van der Waals surface area contributed by atoms with Gasteiger partial charge in [-0.2, -0.15) is 4.98 Å². The SMILES string of the molecule is CC(C)(C)OC(=O)COCCOCn1cnc2c(=O)[nH]c(N)nc21. The van der Waals surface area contributed by atoms with E-state index in [9.17, 15) is 9.59 Å². The first-order valence-corrected chi connectivity index (χ1v) is 7.34. The van der Waals surface area contributed by atoms with E-state index in [-0.39, 0.29) is 38.0 Å². The number of hydrogen-bond acceptors (Lipinski definition) is 8. The van der Waals surface area contributed by atoms with Crippen LogP contribution in [0.1, 0.15) is 20.8 Å². The normalized spacial score (nSPS) is 11.8. The summed E-state index contributed by atoms with van der Waals surface area (Å²) in [6.45, 7) is 5.83. The van der Waals surface area contributed by atoms with Crippen molar-refractivity contribution in [1.29, 1.82) is 0 Å². The topological polar surface area (TPSA) is 134 Å². The number of rotatable bonds is 7. The maximum absolute atomic E-state index is 11.6. The van der Waals surface area contributed by atoms with Gasteiger partial charge in [0, 0.05) is 0 Å². The van der Waals surface area contributed by atoms with E-state index in [1.54, 1.807) is 25.3 Å². The number of nitrogens with zero attached hydrogens (tertiary/aromatic N) is 3. The minimum Gasteiger partial charge on any atom is -0.458 e. The Bertz CT molecular complexity index is 761. The number of nitrogens with two attached hydrogens (primary N) is 1. The molecule has 0 atom stereocenters. The van der Waals surface area contributed by atoms with Gasteiger partial charge < -0.3 is 19.9 Å². The third kappa shape index (κ3) is 5.03. The molecule has 10 nitrogen and oxygen atoms in total. The Balaban J connectivity index is 1.74. The maximum Gasteiger partial charge on any atom is 0.332 e. The van der Waals surface area contributed by atoms with Crippen molar-refractivity contribution in [2.24, 2.45) is 0 Å². The van der Waals surface area contributed by atoms with Gasteiger partial charge in [-0.15, -0.1) is 0 Å². The number of imidazole rings is 1. The zero-order valence-electron chi connectivity index (χ0n) is 13.9. The zero-order chi connectivity index (χ0) is 17.7. The molecule has 0 saturated heterocycles. The molecule has 0 spiro atoms. The van der Waals surface area contributed by atoms with E-state index in [4.69, 9.17) is 19.9 Å². The Labute approximate surface area is 137 Å². The number of aromatic nitrogens is 4. The smallest absolute Gasteiger partial charge is 0.332 e. The summed E-state index contributed by atoms with van der Waals surface area (Å²) in [7, 11) is 0. The largest absolute Gasteiger partial charge is 0.458 e. The number of anilines is 1. The molecular formula is C14H21N5O5. The maximum atomic E-state index is 11.6. The van der Waals surface area contributed by atoms with Gasteiger partial charge in [0.15, 0.2) is 11.2 Å². The molecule has 2 rings (SSSR count). The van der Waals surface area contributed by atoms with E-state index in [0.717, 1.165) is 0 Å². The summed E-state index contributed by atoms with van der Waals surface area (Å²) in [6.07, 6.45) is 1.44. The second kappa shape index (κ2) is 7.41. The van der Waals surface area contributed by atoms with Crippen LogP contribution in [0.2, 0.25) is 0 Å². The van der Waals surface area contributed by atoms with Crippen LogP contribution < -0.4 is 11.3 Å². The number of fused-ring (bicyclic) bond motifs is 1. The van der Waals surface area contributed by atoms with Crippen LogP contribution in [0.25, 0.3) is 11.2 Å². The molecule has 2 heterocycles. The number of carbonyl (C=O) groups is 1. The van der Waals surface area contributed by atoms with E-state index in [1.807, 2.05) is 0 Å². The molecule has 0 saturated carbocycles. The molecule has 0 radical (unpaired) electrons. The van der Waals surface area contributed by atoms with Crippen molar-refractivity contribution in [3.63, 3.8) is 0 Å². The monoisotopic (exact) mass is 339 g/mol. The Morgan fingerprint density at radius 3 is 2.75 bits per heavy atom. The van der Waals surface area contributed by atoms with E-state index in [1.165, 1.54) is 6.33 Å². The number of H-pyrrole nitrogens is 1. The molecule has 2 aromatic heterocycles. The zero-order valence-corrected chi connectivity index (χ0v) is 13.9. The molecule has 10 heteroatoms. The molecule has 24 heavy (non-hydrogen) atoms. The molecule has 0 amide bonds. The van der Waals surface area contributed by atoms with Gasteiger partial charge in [0.25, 0.3) is 5.56 Å². The Morgan fingerprint density at radius 2 is 2.04 bits per heavy atom. The van der Waals surface area contributed by atoms with Gasteiger partial charge in [-0.05, 0) is 20.8 Å². The van der Waals surface area contributed by atoms with Gasteiger partial charge in [0.1, 0.15) is 18.9 Å². The first kappa shape index (κ1) is 17.9. The van der Waals surface area contributed by atoms with Crippen molar-refractivity contribution >= 4 is 23.1 Å². The highest BCUT2D eigenvalue weighted by Crippen LogP contribution is 2.07. The number of aromatic amines is 1. The molecule has 0 aliphatic carbocycles. The predicted octanol–water partition coefficient (Wildman–Crippen LogP) is 0.0342. The van der Waals surface area contributed by atoms with E-state index in [0.29, 0.717) is 5.65 Å². The number of esters is 1. The molecule has 0 aliphatic rings. The number of ether oxygens (including phenoxy) is 3. The fourth-order valence-corrected chi connectivity index (χ4v) is 1.87. The molecular weight excluding hydrogens is 318 g/mol. The summed E-state index contributed by atoms with van der Waals surface area (Å²) in [5, 5.41) is 0. The lowest BCUT2D eigenvalue weighted by molar-refractivity contribution is -0.160. The van der Waals surface area contributed by atoms with Crippen LogP contribution >= 0.6 is 0 Å². The lowest BCUT2D eigenvalue weighted by atomic mass is 10.2. The first-order valence-electron chi connectivity index (χ1n) is 7.34. The van der Waals surface area contributed by atoms with Gasteiger partial charge in [-0.25, -0.2) is 9.78 Å². The molecule has 3 N–H and O–H groups in total. The van der Waals surface area contributed by atoms with Gasteiger partial charge in [-0.1, -0.05) is 0 Å². The van der Waals surface area contributed by atoms with Crippen LogP contribution in [0.15, 0.2) is 11.1 Å². The summed E-state index contributed by atoms with van der Waals surface area (Å²) in [5.41, 5.74) is 5.09. The fraction of sp³-hybridized carbons (Fsp3) is 0.571. The molecule has 132 valence electrons. The molecule has 0 fully saturated rings. The highest BCUT2D eigenvalue weighted by atomic mass is 16.6. The van der Waals surface area contributed by atoms with Crippen molar-refractivity contribution < 1.29 is 19.0 Å². The van der Waals surface area contributed by atoms with E-state index >= 15 is 0 Å². The average Bonchev–Trinajstić information content (AvgIpc) is 2.84. The Kier molecular flexibility index (Phi) is 5.52. The van der Waals surface area contributed by atoms with Crippen LogP contribution in [0.3, 0.4) is 0 Å².